The van der Waals surface area contributed by atoms with Crippen molar-refractivity contribution in [2.45, 2.75) is 12.6 Å². The molecule has 2 aromatic carbocycles. The summed E-state index contributed by atoms with van der Waals surface area (Å²) in [6, 6.07) is 19.9. The van der Waals surface area contributed by atoms with E-state index in [1.165, 1.54) is 0 Å². The molecule has 1 heterocycles. The first-order valence-corrected chi connectivity index (χ1v) is 8.16. The van der Waals surface area contributed by atoms with E-state index in [9.17, 15) is 4.79 Å². The van der Waals surface area contributed by atoms with E-state index in [1.54, 1.807) is 0 Å². The molecule has 0 aliphatic carbocycles. The Balaban J connectivity index is 1.73. The Morgan fingerprint density at radius 1 is 1.00 bits per heavy atom. The maximum Gasteiger partial charge on any atom is 0.242 e. The maximum absolute atomic E-state index is 12.8. The number of nitrogens with zero attached hydrogens (tertiary/aromatic N) is 1. The van der Waals surface area contributed by atoms with Crippen LogP contribution in [0.15, 0.2) is 60.7 Å². The number of hydrogen-bond donors (Lipinski definition) is 2. The summed E-state index contributed by atoms with van der Waals surface area (Å²) in [5, 5.41) is 6.44. The van der Waals surface area contributed by atoms with E-state index >= 15 is 0 Å². The molecule has 1 atom stereocenters. The van der Waals surface area contributed by atoms with Gasteiger partial charge in [0.2, 0.25) is 5.91 Å². The molecule has 2 aromatic rings. The number of hydrogen-bond acceptors (Lipinski definition) is 3. The normalized spacial score (nSPS) is 16.7. The van der Waals surface area contributed by atoms with Gasteiger partial charge in [-0.05, 0) is 11.1 Å². The monoisotopic (exact) mass is 309 g/mol. The zero-order chi connectivity index (χ0) is 15.9. The number of rotatable bonds is 5. The maximum atomic E-state index is 12.8. The molecule has 1 saturated heterocycles. The van der Waals surface area contributed by atoms with Crippen molar-refractivity contribution in [3.8, 4) is 0 Å². The molecule has 1 unspecified atom stereocenters. The minimum absolute atomic E-state index is 0.0713. The molecular formula is C19H23N3O. The van der Waals surface area contributed by atoms with E-state index in [0.29, 0.717) is 6.54 Å². The van der Waals surface area contributed by atoms with E-state index < -0.39 is 0 Å². The highest BCUT2D eigenvalue weighted by Crippen LogP contribution is 2.21. The molecule has 1 fully saturated rings. The fraction of sp³-hybridized carbons (Fsp3) is 0.316. The fourth-order valence-electron chi connectivity index (χ4n) is 2.99. The summed E-state index contributed by atoms with van der Waals surface area (Å²) in [4.78, 5) is 15.1. The molecular weight excluding hydrogens is 286 g/mol. The molecule has 0 aromatic heterocycles. The van der Waals surface area contributed by atoms with Gasteiger partial charge in [-0.25, -0.2) is 0 Å². The van der Waals surface area contributed by atoms with Crippen LogP contribution in [0.5, 0.6) is 0 Å². The van der Waals surface area contributed by atoms with E-state index in [1.807, 2.05) is 60.7 Å². The van der Waals surface area contributed by atoms with Crippen LogP contribution in [0.1, 0.15) is 17.2 Å². The highest BCUT2D eigenvalue weighted by molar-refractivity contribution is 5.83. The predicted molar refractivity (Wildman–Crippen MR) is 91.9 cm³/mol. The zero-order valence-corrected chi connectivity index (χ0v) is 13.2. The highest BCUT2D eigenvalue weighted by atomic mass is 16.2. The first kappa shape index (κ1) is 15.7. The lowest BCUT2D eigenvalue weighted by Gasteiger charge is -2.34. The van der Waals surface area contributed by atoms with E-state index in [4.69, 9.17) is 0 Å². The molecule has 4 nitrogen and oxygen atoms in total. The third-order valence-corrected chi connectivity index (χ3v) is 4.19. The Kier molecular flexibility index (Phi) is 5.40. The topological polar surface area (TPSA) is 44.4 Å². The molecule has 0 spiro atoms. The van der Waals surface area contributed by atoms with Gasteiger partial charge in [0.15, 0.2) is 0 Å². The SMILES string of the molecule is O=C(NCc1ccccc1)C(c1ccccc1)N1CCNCC1. The van der Waals surface area contributed by atoms with Crippen LogP contribution in [0.3, 0.4) is 0 Å². The minimum atomic E-state index is -0.220. The lowest BCUT2D eigenvalue weighted by Crippen LogP contribution is -2.49. The number of carbonyl (C=O) groups excluding carboxylic acids is 1. The van der Waals surface area contributed by atoms with E-state index in [2.05, 4.69) is 15.5 Å². The second kappa shape index (κ2) is 7.90. The smallest absolute Gasteiger partial charge is 0.242 e. The molecule has 1 aliphatic heterocycles. The molecule has 0 bridgehead atoms. The Hall–Kier alpha value is -2.17. The van der Waals surface area contributed by atoms with Crippen LogP contribution in [-0.2, 0) is 11.3 Å². The number of benzene rings is 2. The van der Waals surface area contributed by atoms with Gasteiger partial charge < -0.3 is 10.6 Å². The zero-order valence-electron chi connectivity index (χ0n) is 13.2. The average Bonchev–Trinajstić information content (AvgIpc) is 2.63. The predicted octanol–water partition coefficient (Wildman–Crippen LogP) is 1.95. The fourth-order valence-corrected chi connectivity index (χ4v) is 2.99. The number of amides is 1. The molecule has 0 saturated carbocycles. The summed E-state index contributed by atoms with van der Waals surface area (Å²) in [6.07, 6.45) is 0. The van der Waals surface area contributed by atoms with Gasteiger partial charge in [-0.3, -0.25) is 9.69 Å². The van der Waals surface area contributed by atoms with Crippen LogP contribution < -0.4 is 10.6 Å². The van der Waals surface area contributed by atoms with E-state index in [-0.39, 0.29) is 11.9 Å². The quantitative estimate of drug-likeness (QED) is 0.887. The van der Waals surface area contributed by atoms with Crippen molar-refractivity contribution in [2.24, 2.45) is 0 Å². The van der Waals surface area contributed by atoms with Crippen LogP contribution in [0.25, 0.3) is 0 Å². The molecule has 0 radical (unpaired) electrons. The second-order valence-electron chi connectivity index (χ2n) is 5.80. The van der Waals surface area contributed by atoms with Crippen molar-refractivity contribution < 1.29 is 4.79 Å². The van der Waals surface area contributed by atoms with Crippen LogP contribution >= 0.6 is 0 Å². The summed E-state index contributed by atoms with van der Waals surface area (Å²) in [6.45, 7) is 4.19. The van der Waals surface area contributed by atoms with Gasteiger partial charge in [-0.1, -0.05) is 60.7 Å². The van der Waals surface area contributed by atoms with Crippen molar-refractivity contribution in [1.29, 1.82) is 0 Å². The summed E-state index contributed by atoms with van der Waals surface area (Å²) >= 11 is 0. The highest BCUT2D eigenvalue weighted by Gasteiger charge is 2.28. The summed E-state index contributed by atoms with van der Waals surface area (Å²) < 4.78 is 0. The standard InChI is InChI=1S/C19H23N3O/c23-19(21-15-16-7-3-1-4-8-16)18(17-9-5-2-6-10-17)22-13-11-20-12-14-22/h1-10,18,20H,11-15H2,(H,21,23). The minimum Gasteiger partial charge on any atom is -0.350 e. The molecule has 2 N–H and O–H groups in total. The Morgan fingerprint density at radius 2 is 1.61 bits per heavy atom. The van der Waals surface area contributed by atoms with Gasteiger partial charge in [0.25, 0.3) is 0 Å². The average molecular weight is 309 g/mol. The van der Waals surface area contributed by atoms with Gasteiger partial charge in [0.05, 0.1) is 0 Å². The van der Waals surface area contributed by atoms with Crippen LogP contribution in [0, 0.1) is 0 Å². The Labute approximate surface area is 137 Å². The summed E-state index contributed by atoms with van der Waals surface area (Å²) in [5.41, 5.74) is 2.17. The Bertz CT molecular complexity index is 609. The van der Waals surface area contributed by atoms with Crippen molar-refractivity contribution in [3.05, 3.63) is 71.8 Å². The van der Waals surface area contributed by atoms with Crippen molar-refractivity contribution in [3.63, 3.8) is 0 Å². The van der Waals surface area contributed by atoms with Crippen LogP contribution in [0.4, 0.5) is 0 Å². The molecule has 1 aliphatic rings. The number of carbonyl (C=O) groups is 1. The van der Waals surface area contributed by atoms with Crippen LogP contribution in [-0.4, -0.2) is 37.0 Å². The third kappa shape index (κ3) is 4.18. The van der Waals surface area contributed by atoms with Gasteiger partial charge in [0, 0.05) is 32.7 Å². The molecule has 3 rings (SSSR count). The van der Waals surface area contributed by atoms with Gasteiger partial charge in [-0.15, -0.1) is 0 Å². The van der Waals surface area contributed by atoms with Crippen LogP contribution in [0.2, 0.25) is 0 Å². The van der Waals surface area contributed by atoms with E-state index in [0.717, 1.165) is 37.3 Å². The largest absolute Gasteiger partial charge is 0.350 e. The first-order valence-electron chi connectivity index (χ1n) is 8.16. The van der Waals surface area contributed by atoms with Crippen molar-refractivity contribution >= 4 is 5.91 Å². The molecule has 1 amide bonds. The summed E-state index contributed by atoms with van der Waals surface area (Å²) in [5.74, 6) is 0.0713. The Morgan fingerprint density at radius 3 is 2.26 bits per heavy atom. The lowest BCUT2D eigenvalue weighted by molar-refractivity contribution is -0.127. The number of piperazine rings is 1. The molecule has 120 valence electrons. The van der Waals surface area contributed by atoms with Gasteiger partial charge in [-0.2, -0.15) is 0 Å². The van der Waals surface area contributed by atoms with Gasteiger partial charge >= 0.3 is 0 Å². The van der Waals surface area contributed by atoms with Crippen molar-refractivity contribution in [2.75, 3.05) is 26.2 Å². The van der Waals surface area contributed by atoms with Gasteiger partial charge in [0.1, 0.15) is 6.04 Å². The molecule has 4 heteroatoms. The molecule has 23 heavy (non-hydrogen) atoms. The number of nitrogens with one attached hydrogen (secondary N) is 2. The lowest BCUT2D eigenvalue weighted by atomic mass is 10.0. The summed E-state index contributed by atoms with van der Waals surface area (Å²) in [7, 11) is 0. The first-order chi connectivity index (χ1) is 11.3. The van der Waals surface area contributed by atoms with Crippen molar-refractivity contribution in [1.82, 2.24) is 15.5 Å². The second-order valence-corrected chi connectivity index (χ2v) is 5.80. The third-order valence-electron chi connectivity index (χ3n) is 4.19.